The summed E-state index contributed by atoms with van der Waals surface area (Å²) in [5, 5.41) is 6.51. The SMILES string of the molecule is CCCOc1ccc(C(=O)NCC(=O)N/N=C/c2cc(Br)ccc2OCCC)cc1. The van der Waals surface area contributed by atoms with Gasteiger partial charge in [-0.2, -0.15) is 5.10 Å². The summed E-state index contributed by atoms with van der Waals surface area (Å²) in [6.07, 6.45) is 3.30. The summed E-state index contributed by atoms with van der Waals surface area (Å²) in [4.78, 5) is 24.1. The number of nitrogens with one attached hydrogen (secondary N) is 2. The molecule has 7 nitrogen and oxygen atoms in total. The molecular weight excluding hydrogens is 450 g/mol. The van der Waals surface area contributed by atoms with Crippen molar-refractivity contribution in [2.75, 3.05) is 19.8 Å². The summed E-state index contributed by atoms with van der Waals surface area (Å²) >= 11 is 3.41. The Morgan fingerprint density at radius 3 is 2.43 bits per heavy atom. The van der Waals surface area contributed by atoms with Crippen molar-refractivity contribution in [2.45, 2.75) is 26.7 Å². The molecule has 0 bridgehead atoms. The van der Waals surface area contributed by atoms with E-state index in [2.05, 4.69) is 31.8 Å². The van der Waals surface area contributed by atoms with Gasteiger partial charge in [0, 0.05) is 15.6 Å². The van der Waals surface area contributed by atoms with E-state index in [9.17, 15) is 9.59 Å². The number of nitrogens with zero attached hydrogens (tertiary/aromatic N) is 1. The maximum absolute atomic E-state index is 12.2. The molecule has 0 atom stereocenters. The van der Waals surface area contributed by atoms with Crippen LogP contribution in [0.2, 0.25) is 0 Å². The summed E-state index contributed by atoms with van der Waals surface area (Å²) in [7, 11) is 0. The van der Waals surface area contributed by atoms with Crippen LogP contribution in [0.25, 0.3) is 0 Å². The van der Waals surface area contributed by atoms with Gasteiger partial charge in [0.1, 0.15) is 11.5 Å². The van der Waals surface area contributed by atoms with Crippen LogP contribution in [0.4, 0.5) is 0 Å². The Morgan fingerprint density at radius 1 is 1.03 bits per heavy atom. The molecule has 0 radical (unpaired) electrons. The molecule has 0 unspecified atom stereocenters. The van der Waals surface area contributed by atoms with Gasteiger partial charge in [-0.25, -0.2) is 5.43 Å². The number of ether oxygens (including phenoxy) is 2. The molecule has 160 valence electrons. The maximum Gasteiger partial charge on any atom is 0.259 e. The van der Waals surface area contributed by atoms with Crippen LogP contribution in [0.1, 0.15) is 42.6 Å². The summed E-state index contributed by atoms with van der Waals surface area (Å²) in [6, 6.07) is 12.3. The third-order valence-electron chi connectivity index (χ3n) is 3.83. The second-order valence-electron chi connectivity index (χ2n) is 6.38. The standard InChI is InChI=1S/C22H26BrN3O4/c1-3-11-29-19-8-5-16(6-9-19)22(28)24-15-21(27)26-25-14-17-13-18(23)7-10-20(17)30-12-4-2/h5-10,13-14H,3-4,11-12,15H2,1-2H3,(H,24,28)(H,26,27)/b25-14+. The van der Waals surface area contributed by atoms with Crippen molar-refractivity contribution in [1.29, 1.82) is 0 Å². The zero-order valence-corrected chi connectivity index (χ0v) is 18.7. The van der Waals surface area contributed by atoms with E-state index in [1.807, 2.05) is 32.0 Å². The van der Waals surface area contributed by atoms with Crippen molar-refractivity contribution in [3.05, 3.63) is 58.1 Å². The van der Waals surface area contributed by atoms with Crippen LogP contribution in [0.15, 0.2) is 52.0 Å². The molecule has 0 fully saturated rings. The molecule has 2 aromatic rings. The number of amides is 2. The lowest BCUT2D eigenvalue weighted by Crippen LogP contribution is -2.34. The van der Waals surface area contributed by atoms with Gasteiger partial charge in [0.15, 0.2) is 0 Å². The molecule has 8 heteroatoms. The van der Waals surface area contributed by atoms with E-state index in [0.29, 0.717) is 30.3 Å². The Balaban J connectivity index is 1.83. The van der Waals surface area contributed by atoms with Gasteiger partial charge >= 0.3 is 0 Å². The molecule has 2 N–H and O–H groups in total. The minimum Gasteiger partial charge on any atom is -0.494 e. The van der Waals surface area contributed by atoms with Gasteiger partial charge in [-0.1, -0.05) is 29.8 Å². The Kier molecular flexibility index (Phi) is 9.86. The lowest BCUT2D eigenvalue weighted by molar-refractivity contribution is -0.120. The molecule has 0 spiro atoms. The molecule has 30 heavy (non-hydrogen) atoms. The lowest BCUT2D eigenvalue weighted by atomic mass is 10.2. The van der Waals surface area contributed by atoms with Gasteiger partial charge in [0.2, 0.25) is 0 Å². The fraction of sp³-hybridized carbons (Fsp3) is 0.318. The Morgan fingerprint density at radius 2 is 1.73 bits per heavy atom. The number of halogens is 1. The van der Waals surface area contributed by atoms with Gasteiger partial charge < -0.3 is 14.8 Å². The monoisotopic (exact) mass is 475 g/mol. The van der Waals surface area contributed by atoms with Crippen LogP contribution < -0.4 is 20.2 Å². The average Bonchev–Trinajstić information content (AvgIpc) is 2.76. The molecule has 0 aliphatic rings. The zero-order chi connectivity index (χ0) is 21.8. The van der Waals surface area contributed by atoms with Crippen molar-refractivity contribution in [1.82, 2.24) is 10.7 Å². The van der Waals surface area contributed by atoms with E-state index >= 15 is 0 Å². The first-order valence-electron chi connectivity index (χ1n) is 9.78. The molecule has 0 aromatic heterocycles. The van der Waals surface area contributed by atoms with Crippen LogP contribution >= 0.6 is 15.9 Å². The van der Waals surface area contributed by atoms with E-state index in [4.69, 9.17) is 9.47 Å². The highest BCUT2D eigenvalue weighted by Gasteiger charge is 2.08. The molecule has 2 rings (SSSR count). The predicted molar refractivity (Wildman–Crippen MR) is 120 cm³/mol. The van der Waals surface area contributed by atoms with Gasteiger partial charge in [-0.3, -0.25) is 9.59 Å². The summed E-state index contributed by atoms with van der Waals surface area (Å²) < 4.78 is 12.0. The van der Waals surface area contributed by atoms with Gasteiger partial charge in [-0.05, 0) is 55.3 Å². The van der Waals surface area contributed by atoms with Crippen LogP contribution in [0, 0.1) is 0 Å². The van der Waals surface area contributed by atoms with E-state index in [-0.39, 0.29) is 12.5 Å². The highest BCUT2D eigenvalue weighted by atomic mass is 79.9. The Labute approximate surface area is 185 Å². The third-order valence-corrected chi connectivity index (χ3v) is 4.32. The molecular formula is C22H26BrN3O4. The molecule has 0 heterocycles. The summed E-state index contributed by atoms with van der Waals surface area (Å²) in [6.45, 7) is 5.07. The number of hydrogen-bond acceptors (Lipinski definition) is 5. The van der Waals surface area contributed by atoms with Gasteiger partial charge in [0.25, 0.3) is 11.8 Å². The third kappa shape index (κ3) is 7.87. The van der Waals surface area contributed by atoms with Crippen molar-refractivity contribution in [2.24, 2.45) is 5.10 Å². The Hall–Kier alpha value is -2.87. The van der Waals surface area contributed by atoms with E-state index in [0.717, 1.165) is 22.9 Å². The molecule has 2 amide bonds. The van der Waals surface area contributed by atoms with Gasteiger partial charge in [-0.15, -0.1) is 0 Å². The predicted octanol–water partition coefficient (Wildman–Crippen LogP) is 3.91. The number of rotatable bonds is 11. The van der Waals surface area contributed by atoms with Crippen molar-refractivity contribution in [3.63, 3.8) is 0 Å². The van der Waals surface area contributed by atoms with Crippen LogP contribution in [-0.4, -0.2) is 37.8 Å². The normalized spacial score (nSPS) is 10.6. The number of carbonyl (C=O) groups excluding carboxylic acids is 2. The molecule has 0 aliphatic heterocycles. The first-order chi connectivity index (χ1) is 14.5. The van der Waals surface area contributed by atoms with Crippen molar-refractivity contribution >= 4 is 34.0 Å². The first-order valence-corrected chi connectivity index (χ1v) is 10.6. The number of benzene rings is 2. The average molecular weight is 476 g/mol. The number of hydrogen-bond donors (Lipinski definition) is 2. The van der Waals surface area contributed by atoms with Gasteiger partial charge in [0.05, 0.1) is 26.0 Å². The lowest BCUT2D eigenvalue weighted by Gasteiger charge is -2.08. The van der Waals surface area contributed by atoms with Crippen molar-refractivity contribution < 1.29 is 19.1 Å². The van der Waals surface area contributed by atoms with E-state index < -0.39 is 5.91 Å². The quantitative estimate of drug-likeness (QED) is 0.380. The first kappa shape index (κ1) is 23.4. The molecule has 2 aromatic carbocycles. The topological polar surface area (TPSA) is 89.0 Å². The molecule has 0 saturated carbocycles. The van der Waals surface area contributed by atoms with Crippen LogP contribution in [0.5, 0.6) is 11.5 Å². The maximum atomic E-state index is 12.2. The fourth-order valence-electron chi connectivity index (χ4n) is 2.36. The number of hydrazone groups is 1. The Bertz CT molecular complexity index is 869. The van der Waals surface area contributed by atoms with Crippen LogP contribution in [0.3, 0.4) is 0 Å². The minimum absolute atomic E-state index is 0.193. The highest BCUT2D eigenvalue weighted by molar-refractivity contribution is 9.10. The van der Waals surface area contributed by atoms with E-state index in [1.54, 1.807) is 24.3 Å². The smallest absolute Gasteiger partial charge is 0.259 e. The minimum atomic E-state index is -0.437. The van der Waals surface area contributed by atoms with E-state index in [1.165, 1.54) is 6.21 Å². The number of carbonyl (C=O) groups is 2. The molecule has 0 aliphatic carbocycles. The summed E-state index contributed by atoms with van der Waals surface area (Å²) in [5.41, 5.74) is 3.57. The second kappa shape index (κ2) is 12.6. The van der Waals surface area contributed by atoms with Crippen LogP contribution in [-0.2, 0) is 4.79 Å². The van der Waals surface area contributed by atoms with Crippen molar-refractivity contribution in [3.8, 4) is 11.5 Å². The summed E-state index contributed by atoms with van der Waals surface area (Å²) in [5.74, 6) is 0.597. The fourth-order valence-corrected chi connectivity index (χ4v) is 2.74. The highest BCUT2D eigenvalue weighted by Crippen LogP contribution is 2.22. The largest absolute Gasteiger partial charge is 0.494 e. The zero-order valence-electron chi connectivity index (χ0n) is 17.1. The molecule has 0 saturated heterocycles. The second-order valence-corrected chi connectivity index (χ2v) is 7.29.